The third-order valence-electron chi connectivity index (χ3n) is 2.90. The fraction of sp³-hybridized carbons (Fsp3) is 0.778. The van der Waals surface area contributed by atoms with Gasteiger partial charge in [-0.2, -0.15) is 0 Å². The maximum atomic E-state index is 11.4. The van der Waals surface area contributed by atoms with Gasteiger partial charge >= 0.3 is 6.09 Å². The molecule has 2 aliphatic rings. The molecule has 1 aliphatic carbocycles. The van der Waals surface area contributed by atoms with Crippen LogP contribution in [0.5, 0.6) is 0 Å². The molecule has 5 heteroatoms. The van der Waals surface area contributed by atoms with E-state index in [2.05, 4.69) is 5.32 Å². The van der Waals surface area contributed by atoms with E-state index >= 15 is 0 Å². The predicted molar refractivity (Wildman–Crippen MR) is 46.5 cm³/mol. The van der Waals surface area contributed by atoms with Gasteiger partial charge in [0.1, 0.15) is 6.10 Å². The number of hydrogen-bond acceptors (Lipinski definition) is 4. The summed E-state index contributed by atoms with van der Waals surface area (Å²) in [4.78, 5) is 22.3. The largest absolute Gasteiger partial charge is 0.445 e. The number of amides is 2. The topological polar surface area (TPSA) is 64.6 Å². The zero-order chi connectivity index (χ0) is 10.1. The van der Waals surface area contributed by atoms with E-state index in [-0.39, 0.29) is 24.0 Å². The average Bonchev–Trinajstić information content (AvgIpc) is 2.16. The minimum absolute atomic E-state index is 0.106. The van der Waals surface area contributed by atoms with Gasteiger partial charge in [-0.15, -0.1) is 0 Å². The van der Waals surface area contributed by atoms with E-state index in [4.69, 9.17) is 9.47 Å². The van der Waals surface area contributed by atoms with Crippen molar-refractivity contribution in [2.75, 3.05) is 7.11 Å². The second-order valence-corrected chi connectivity index (χ2v) is 3.71. The van der Waals surface area contributed by atoms with Gasteiger partial charge in [0.05, 0.1) is 12.0 Å². The fourth-order valence-electron chi connectivity index (χ4n) is 2.10. The number of hydrogen-bond donors (Lipinski definition) is 1. The summed E-state index contributed by atoms with van der Waals surface area (Å²) in [7, 11) is 1.63. The molecule has 1 N–H and O–H groups in total. The molecule has 2 rings (SSSR count). The molecule has 0 aromatic rings. The molecular formula is C9H13NO4. The van der Waals surface area contributed by atoms with Crippen LogP contribution in [0.25, 0.3) is 0 Å². The maximum Gasteiger partial charge on any atom is 0.414 e. The molecule has 1 heterocycles. The summed E-state index contributed by atoms with van der Waals surface area (Å²) in [6.45, 7) is 0. The summed E-state index contributed by atoms with van der Waals surface area (Å²) in [5.74, 6) is -0.389. The number of fused-ring (bicyclic) bond motifs is 1. The summed E-state index contributed by atoms with van der Waals surface area (Å²) in [6.07, 6.45) is 1.38. The fourth-order valence-corrected chi connectivity index (χ4v) is 2.10. The molecule has 0 aromatic carbocycles. The Balaban J connectivity index is 2.06. The Labute approximate surface area is 81.7 Å². The molecule has 1 aliphatic heterocycles. The van der Waals surface area contributed by atoms with Crippen molar-refractivity contribution in [1.82, 2.24) is 5.32 Å². The first-order valence-electron chi connectivity index (χ1n) is 4.75. The molecule has 1 saturated heterocycles. The molecule has 3 atom stereocenters. The van der Waals surface area contributed by atoms with E-state index in [1.807, 2.05) is 0 Å². The van der Waals surface area contributed by atoms with E-state index < -0.39 is 6.09 Å². The van der Waals surface area contributed by atoms with Crippen LogP contribution in [0.1, 0.15) is 19.3 Å². The highest BCUT2D eigenvalue weighted by Crippen LogP contribution is 2.30. The molecule has 2 amide bonds. The molecule has 5 nitrogen and oxygen atoms in total. The second kappa shape index (κ2) is 3.57. The van der Waals surface area contributed by atoms with Crippen molar-refractivity contribution in [2.24, 2.45) is 5.92 Å². The smallest absolute Gasteiger partial charge is 0.414 e. The van der Waals surface area contributed by atoms with Crippen LogP contribution < -0.4 is 5.32 Å². The first-order chi connectivity index (χ1) is 6.70. The van der Waals surface area contributed by atoms with Gasteiger partial charge in [0.25, 0.3) is 0 Å². The van der Waals surface area contributed by atoms with E-state index in [9.17, 15) is 9.59 Å². The van der Waals surface area contributed by atoms with Crippen LogP contribution in [0.3, 0.4) is 0 Å². The van der Waals surface area contributed by atoms with Crippen LogP contribution in [0, 0.1) is 5.92 Å². The van der Waals surface area contributed by atoms with Gasteiger partial charge in [0.2, 0.25) is 5.91 Å². The van der Waals surface area contributed by atoms with Crippen LogP contribution in [-0.2, 0) is 14.3 Å². The standard InChI is InChI=1S/C9H13NO4/c1-13-5-2-3-6-7(4-5)14-9(12)10-8(6)11/h5-7H,2-4H2,1H3,(H,10,11,12). The number of alkyl carbamates (subject to hydrolysis) is 1. The monoisotopic (exact) mass is 199 g/mol. The summed E-state index contributed by atoms with van der Waals surface area (Å²) >= 11 is 0. The SMILES string of the molecule is COC1CCC2C(=O)NC(=O)OC2C1. The van der Waals surface area contributed by atoms with Gasteiger partial charge in [0.15, 0.2) is 0 Å². The Hall–Kier alpha value is -1.10. The van der Waals surface area contributed by atoms with Crippen LogP contribution in [-0.4, -0.2) is 31.3 Å². The van der Waals surface area contributed by atoms with Crippen molar-refractivity contribution >= 4 is 12.0 Å². The lowest BCUT2D eigenvalue weighted by Crippen LogP contribution is -2.52. The van der Waals surface area contributed by atoms with Gasteiger partial charge in [-0.1, -0.05) is 0 Å². The van der Waals surface area contributed by atoms with Gasteiger partial charge in [-0.25, -0.2) is 4.79 Å². The molecule has 1 saturated carbocycles. The van der Waals surface area contributed by atoms with Gasteiger partial charge in [0, 0.05) is 13.5 Å². The quantitative estimate of drug-likeness (QED) is 0.665. The van der Waals surface area contributed by atoms with E-state index in [1.54, 1.807) is 7.11 Å². The second-order valence-electron chi connectivity index (χ2n) is 3.71. The Morgan fingerprint density at radius 2 is 2.21 bits per heavy atom. The van der Waals surface area contributed by atoms with Gasteiger partial charge < -0.3 is 9.47 Å². The first kappa shape index (κ1) is 9.45. The Morgan fingerprint density at radius 1 is 1.43 bits per heavy atom. The number of carbonyl (C=O) groups is 2. The van der Waals surface area contributed by atoms with Crippen molar-refractivity contribution in [3.05, 3.63) is 0 Å². The lowest BCUT2D eigenvalue weighted by atomic mass is 9.83. The molecule has 0 spiro atoms. The van der Waals surface area contributed by atoms with Crippen molar-refractivity contribution in [2.45, 2.75) is 31.5 Å². The number of carbonyl (C=O) groups excluding carboxylic acids is 2. The Morgan fingerprint density at radius 3 is 2.93 bits per heavy atom. The van der Waals surface area contributed by atoms with Crippen LogP contribution in [0.2, 0.25) is 0 Å². The van der Waals surface area contributed by atoms with Crippen LogP contribution in [0.4, 0.5) is 4.79 Å². The average molecular weight is 199 g/mol. The zero-order valence-electron chi connectivity index (χ0n) is 7.99. The molecule has 0 aromatic heterocycles. The Bertz CT molecular complexity index is 266. The number of methoxy groups -OCH3 is 1. The maximum absolute atomic E-state index is 11.4. The number of rotatable bonds is 1. The summed E-state index contributed by atoms with van der Waals surface area (Å²) in [6, 6.07) is 0. The molecular weight excluding hydrogens is 186 g/mol. The number of nitrogens with one attached hydrogen (secondary N) is 1. The zero-order valence-corrected chi connectivity index (χ0v) is 7.99. The normalized spacial score (nSPS) is 37.1. The number of ether oxygens (including phenoxy) is 2. The van der Waals surface area contributed by atoms with E-state index in [0.29, 0.717) is 6.42 Å². The van der Waals surface area contributed by atoms with E-state index in [0.717, 1.165) is 12.8 Å². The lowest BCUT2D eigenvalue weighted by Gasteiger charge is -2.36. The highest BCUT2D eigenvalue weighted by atomic mass is 16.6. The van der Waals surface area contributed by atoms with Crippen molar-refractivity contribution < 1.29 is 19.1 Å². The molecule has 14 heavy (non-hydrogen) atoms. The third kappa shape index (κ3) is 1.59. The third-order valence-corrected chi connectivity index (χ3v) is 2.90. The highest BCUT2D eigenvalue weighted by molar-refractivity contribution is 5.95. The predicted octanol–water partition coefficient (Wildman–Crippen LogP) is 0.437. The Kier molecular flexibility index (Phi) is 2.41. The van der Waals surface area contributed by atoms with Crippen LogP contribution >= 0.6 is 0 Å². The van der Waals surface area contributed by atoms with Crippen molar-refractivity contribution in [3.8, 4) is 0 Å². The molecule has 3 unspecified atom stereocenters. The van der Waals surface area contributed by atoms with Gasteiger partial charge in [-0.05, 0) is 12.8 Å². The highest BCUT2D eigenvalue weighted by Gasteiger charge is 2.41. The molecule has 0 bridgehead atoms. The summed E-state index contributed by atoms with van der Waals surface area (Å²) in [5, 5.41) is 2.17. The van der Waals surface area contributed by atoms with Crippen LogP contribution in [0.15, 0.2) is 0 Å². The molecule has 2 fully saturated rings. The minimum Gasteiger partial charge on any atom is -0.445 e. The van der Waals surface area contributed by atoms with Crippen molar-refractivity contribution in [1.29, 1.82) is 0 Å². The summed E-state index contributed by atoms with van der Waals surface area (Å²) in [5.41, 5.74) is 0. The summed E-state index contributed by atoms with van der Waals surface area (Å²) < 4.78 is 10.2. The van der Waals surface area contributed by atoms with Crippen molar-refractivity contribution in [3.63, 3.8) is 0 Å². The lowest BCUT2D eigenvalue weighted by molar-refractivity contribution is -0.137. The molecule has 0 radical (unpaired) electrons. The van der Waals surface area contributed by atoms with E-state index in [1.165, 1.54) is 0 Å². The molecule has 78 valence electrons. The van der Waals surface area contributed by atoms with Gasteiger partial charge in [-0.3, -0.25) is 10.1 Å². The number of imide groups is 1. The first-order valence-corrected chi connectivity index (χ1v) is 4.75. The minimum atomic E-state index is -0.631.